The summed E-state index contributed by atoms with van der Waals surface area (Å²) in [6.45, 7) is 2.80. The van der Waals surface area contributed by atoms with Crippen LogP contribution in [0.1, 0.15) is 25.6 Å². The molecule has 10 heteroatoms. The molecule has 1 aliphatic rings. The smallest absolute Gasteiger partial charge is 0.369 e. The number of alkyl halides is 3. The Labute approximate surface area is 199 Å². The van der Waals surface area contributed by atoms with Crippen molar-refractivity contribution in [2.75, 3.05) is 48.8 Å². The summed E-state index contributed by atoms with van der Waals surface area (Å²) in [6, 6.07) is 13.4. The lowest BCUT2D eigenvalue weighted by molar-refractivity contribution is -0.136. The molecule has 2 heterocycles. The van der Waals surface area contributed by atoms with E-state index in [1.807, 2.05) is 11.9 Å². The molecule has 1 fully saturated rings. The predicted octanol–water partition coefficient (Wildman–Crippen LogP) is 5.02. The van der Waals surface area contributed by atoms with Crippen LogP contribution in [0.25, 0.3) is 0 Å². The molecule has 6 nitrogen and oxygen atoms in total. The van der Waals surface area contributed by atoms with Crippen LogP contribution in [0, 0.1) is 0 Å². The highest BCUT2D eigenvalue weighted by Gasteiger charge is 2.35. The summed E-state index contributed by atoms with van der Waals surface area (Å²) < 4.78 is 41.4. The van der Waals surface area contributed by atoms with Crippen molar-refractivity contribution in [1.82, 2.24) is 4.90 Å². The highest BCUT2D eigenvalue weighted by Crippen LogP contribution is 2.37. The summed E-state index contributed by atoms with van der Waals surface area (Å²) in [6.07, 6.45) is -4.62. The van der Waals surface area contributed by atoms with Crippen LogP contribution < -0.4 is 15.5 Å². The normalized spacial score (nSPS) is 14.6. The average Bonchev–Trinajstić information content (AvgIpc) is 3.35. The molecule has 34 heavy (non-hydrogen) atoms. The number of hydrogen-bond donors (Lipinski definition) is 2. The van der Waals surface area contributed by atoms with Gasteiger partial charge in [0.2, 0.25) is 0 Å². The van der Waals surface area contributed by atoms with Gasteiger partial charge in [0.05, 0.1) is 16.1 Å². The molecule has 178 valence electrons. The number of benzene rings is 2. The van der Waals surface area contributed by atoms with Crippen LogP contribution >= 0.6 is 11.3 Å². The molecule has 2 aromatic carbocycles. The van der Waals surface area contributed by atoms with Gasteiger partial charge >= 0.3 is 6.18 Å². The van der Waals surface area contributed by atoms with E-state index in [0.717, 1.165) is 19.2 Å². The van der Waals surface area contributed by atoms with Crippen LogP contribution in [-0.2, 0) is 6.18 Å². The minimum Gasteiger partial charge on any atom is -0.369 e. The van der Waals surface area contributed by atoms with E-state index in [4.69, 9.17) is 0 Å². The Morgan fingerprint density at radius 2 is 1.62 bits per heavy atom. The van der Waals surface area contributed by atoms with Crippen LogP contribution in [0.4, 0.5) is 30.2 Å². The van der Waals surface area contributed by atoms with E-state index in [-0.39, 0.29) is 17.2 Å². The quantitative estimate of drug-likeness (QED) is 0.529. The fraction of sp³-hybridized carbons (Fsp3) is 0.250. The molecular formula is C24H23F3N4O2S. The molecule has 0 aliphatic carbocycles. The summed E-state index contributed by atoms with van der Waals surface area (Å²) in [7, 11) is 1.97. The number of carbonyl (C=O) groups is 2. The second-order valence-corrected chi connectivity index (χ2v) is 8.93. The molecule has 2 amide bonds. The number of halogens is 3. The molecule has 0 bridgehead atoms. The Morgan fingerprint density at radius 1 is 0.912 bits per heavy atom. The van der Waals surface area contributed by atoms with Crippen molar-refractivity contribution in [3.05, 3.63) is 76.0 Å². The summed E-state index contributed by atoms with van der Waals surface area (Å²) in [5.74, 6) is -0.948. The second-order valence-electron chi connectivity index (χ2n) is 7.98. The van der Waals surface area contributed by atoms with Gasteiger partial charge in [0.15, 0.2) is 0 Å². The van der Waals surface area contributed by atoms with Crippen molar-refractivity contribution in [2.24, 2.45) is 0 Å². The molecule has 1 aliphatic heterocycles. The number of nitrogens with one attached hydrogen (secondary N) is 2. The van der Waals surface area contributed by atoms with E-state index in [2.05, 4.69) is 15.5 Å². The lowest BCUT2D eigenvalue weighted by Gasteiger charge is -2.34. The Hall–Kier alpha value is -3.37. The summed E-state index contributed by atoms with van der Waals surface area (Å²) in [4.78, 5) is 29.4. The Morgan fingerprint density at radius 3 is 2.24 bits per heavy atom. The zero-order valence-corrected chi connectivity index (χ0v) is 19.2. The number of anilines is 3. The molecule has 0 spiro atoms. The molecule has 0 radical (unpaired) electrons. The van der Waals surface area contributed by atoms with Gasteiger partial charge in [0, 0.05) is 43.1 Å². The van der Waals surface area contributed by atoms with E-state index < -0.39 is 17.6 Å². The van der Waals surface area contributed by atoms with Gasteiger partial charge in [0.25, 0.3) is 11.8 Å². The number of piperazine rings is 1. The summed E-state index contributed by atoms with van der Waals surface area (Å²) in [5, 5.41) is 6.88. The van der Waals surface area contributed by atoms with Crippen molar-refractivity contribution in [3.8, 4) is 0 Å². The van der Waals surface area contributed by atoms with Crippen LogP contribution in [0.3, 0.4) is 0 Å². The molecular weight excluding hydrogens is 465 g/mol. The molecule has 1 saturated heterocycles. The average molecular weight is 489 g/mol. The van der Waals surface area contributed by atoms with Crippen LogP contribution in [-0.4, -0.2) is 49.9 Å². The third kappa shape index (κ3) is 5.57. The number of thiophene rings is 1. The topological polar surface area (TPSA) is 64.7 Å². The first-order chi connectivity index (χ1) is 16.2. The fourth-order valence-electron chi connectivity index (χ4n) is 3.64. The van der Waals surface area contributed by atoms with Crippen molar-refractivity contribution >= 4 is 40.2 Å². The maximum absolute atomic E-state index is 13.8. The minimum absolute atomic E-state index is 0.172. The molecule has 0 unspecified atom stereocenters. The first kappa shape index (κ1) is 23.8. The van der Waals surface area contributed by atoms with E-state index in [9.17, 15) is 22.8 Å². The monoisotopic (exact) mass is 488 g/mol. The Kier molecular flexibility index (Phi) is 6.90. The summed E-state index contributed by atoms with van der Waals surface area (Å²) >= 11 is 1.30. The zero-order chi connectivity index (χ0) is 24.3. The van der Waals surface area contributed by atoms with Crippen LogP contribution in [0.15, 0.2) is 60.0 Å². The van der Waals surface area contributed by atoms with Gasteiger partial charge in [-0.15, -0.1) is 11.3 Å². The number of nitrogens with zero attached hydrogens (tertiary/aromatic N) is 2. The first-order valence-electron chi connectivity index (χ1n) is 10.6. The molecule has 1 aromatic heterocycles. The maximum atomic E-state index is 13.8. The van der Waals surface area contributed by atoms with Crippen molar-refractivity contribution in [1.29, 1.82) is 0 Å². The third-order valence-corrected chi connectivity index (χ3v) is 6.44. The van der Waals surface area contributed by atoms with Gasteiger partial charge in [-0.2, -0.15) is 13.2 Å². The number of amides is 2. The number of hydrogen-bond acceptors (Lipinski definition) is 5. The Balaban J connectivity index is 1.48. The second kappa shape index (κ2) is 9.86. The van der Waals surface area contributed by atoms with Gasteiger partial charge < -0.3 is 20.4 Å². The Bertz CT molecular complexity index is 1160. The van der Waals surface area contributed by atoms with Gasteiger partial charge in [0.1, 0.15) is 0 Å². The molecule has 0 atom stereocenters. The minimum atomic E-state index is -4.62. The van der Waals surface area contributed by atoms with E-state index >= 15 is 0 Å². The first-order valence-corrected chi connectivity index (χ1v) is 11.5. The molecule has 0 saturated carbocycles. The zero-order valence-electron chi connectivity index (χ0n) is 18.4. The third-order valence-electron chi connectivity index (χ3n) is 5.58. The molecule has 2 N–H and O–H groups in total. The van der Waals surface area contributed by atoms with Crippen LogP contribution in [0.2, 0.25) is 0 Å². The number of rotatable bonds is 5. The van der Waals surface area contributed by atoms with E-state index in [0.29, 0.717) is 29.3 Å². The highest BCUT2D eigenvalue weighted by molar-refractivity contribution is 7.12. The van der Waals surface area contributed by atoms with Crippen LogP contribution in [0.5, 0.6) is 0 Å². The van der Waals surface area contributed by atoms with Crippen molar-refractivity contribution < 1.29 is 22.8 Å². The predicted molar refractivity (Wildman–Crippen MR) is 128 cm³/mol. The van der Waals surface area contributed by atoms with Crippen molar-refractivity contribution in [3.63, 3.8) is 0 Å². The summed E-state index contributed by atoms with van der Waals surface area (Å²) in [5.41, 5.74) is -0.0697. The molecule has 4 rings (SSSR count). The fourth-order valence-corrected chi connectivity index (χ4v) is 4.26. The number of likely N-dealkylation sites (N-methyl/N-ethyl adjacent to an activating group) is 1. The number of carbonyl (C=O) groups excluding carboxylic acids is 2. The largest absolute Gasteiger partial charge is 0.418 e. The maximum Gasteiger partial charge on any atom is 0.418 e. The van der Waals surface area contributed by atoms with E-state index in [1.165, 1.54) is 41.7 Å². The van der Waals surface area contributed by atoms with Gasteiger partial charge in [-0.3, -0.25) is 9.59 Å². The lowest BCUT2D eigenvalue weighted by Crippen LogP contribution is -2.44. The van der Waals surface area contributed by atoms with Gasteiger partial charge in [-0.1, -0.05) is 6.07 Å². The highest BCUT2D eigenvalue weighted by atomic mass is 32.1. The van der Waals surface area contributed by atoms with E-state index in [1.54, 1.807) is 23.6 Å². The standard InChI is InChI=1S/C24H23F3N4O2S/c1-30-10-12-31(13-11-30)18-8-9-20(19(15-18)24(25,26)27)29-22(32)16-4-6-17(7-5-16)28-23(33)21-3-2-14-34-21/h2-9,14-15H,10-13H2,1H3,(H,28,33)(H,29,32). The van der Waals surface area contributed by atoms with Gasteiger partial charge in [-0.05, 0) is 61.0 Å². The lowest BCUT2D eigenvalue weighted by atomic mass is 10.1. The van der Waals surface area contributed by atoms with Crippen molar-refractivity contribution in [2.45, 2.75) is 6.18 Å². The SMILES string of the molecule is CN1CCN(c2ccc(NC(=O)c3ccc(NC(=O)c4cccs4)cc3)c(C(F)(F)F)c2)CC1. The molecule has 3 aromatic rings. The van der Waals surface area contributed by atoms with Gasteiger partial charge in [-0.25, -0.2) is 0 Å².